The number of halogens is 1. The van der Waals surface area contributed by atoms with Crippen molar-refractivity contribution in [3.05, 3.63) is 22.7 Å². The van der Waals surface area contributed by atoms with Crippen LogP contribution in [0.25, 0.3) is 0 Å². The van der Waals surface area contributed by atoms with E-state index in [1.807, 2.05) is 0 Å². The van der Waals surface area contributed by atoms with Crippen LogP contribution in [0.4, 0.5) is 5.69 Å². The van der Waals surface area contributed by atoms with E-state index in [1.54, 1.807) is 0 Å². The minimum Gasteiger partial charge on any atom is -0.744 e. The third kappa shape index (κ3) is 2.66. The minimum absolute atomic E-state index is 0. The first kappa shape index (κ1) is 13.8. The Labute approximate surface area is 99.4 Å². The molecule has 0 spiro atoms. The van der Waals surface area contributed by atoms with Crippen molar-refractivity contribution in [2.75, 3.05) is 5.73 Å². The number of hydrogen-bond donors (Lipinski definition) is 1. The zero-order valence-corrected chi connectivity index (χ0v) is 9.32. The summed E-state index contributed by atoms with van der Waals surface area (Å²) in [5.41, 5.74) is 5.74. The van der Waals surface area contributed by atoms with Crippen LogP contribution < -0.4 is 24.6 Å². The van der Waals surface area contributed by atoms with Crippen LogP contribution in [-0.2, 0) is 10.1 Å². The standard InChI is InChI=1S/C7H8ClNO3S.Li/c1-4-2-3-5(9)6(8)7(4)13(10,11)12;/h2-3H,9H2,1H3,(H,10,11,12);/q;+1/p-1. The van der Waals surface area contributed by atoms with Gasteiger partial charge < -0.3 is 10.3 Å². The molecule has 1 aromatic carbocycles. The molecule has 0 fully saturated rings. The van der Waals surface area contributed by atoms with Crippen molar-refractivity contribution in [2.45, 2.75) is 11.8 Å². The van der Waals surface area contributed by atoms with Crippen LogP contribution >= 0.6 is 11.6 Å². The predicted molar refractivity (Wildman–Crippen MR) is 48.6 cm³/mol. The van der Waals surface area contributed by atoms with Gasteiger partial charge in [0.05, 0.1) is 15.6 Å². The van der Waals surface area contributed by atoms with Gasteiger partial charge >= 0.3 is 18.9 Å². The second-order valence-corrected chi connectivity index (χ2v) is 4.26. The predicted octanol–water partition coefficient (Wildman–Crippen LogP) is -1.86. The van der Waals surface area contributed by atoms with Crippen LogP contribution in [0.5, 0.6) is 0 Å². The van der Waals surface area contributed by atoms with Crippen molar-refractivity contribution < 1.29 is 31.8 Å². The van der Waals surface area contributed by atoms with E-state index in [0.717, 1.165) is 0 Å². The molecule has 0 aromatic heterocycles. The van der Waals surface area contributed by atoms with Gasteiger partial charge in [0.25, 0.3) is 0 Å². The van der Waals surface area contributed by atoms with Gasteiger partial charge in [-0.3, -0.25) is 0 Å². The third-order valence-electron chi connectivity index (χ3n) is 1.57. The number of benzene rings is 1. The summed E-state index contributed by atoms with van der Waals surface area (Å²) in [6.07, 6.45) is 0. The molecule has 0 aliphatic heterocycles. The third-order valence-corrected chi connectivity index (χ3v) is 3.12. The molecule has 0 radical (unpaired) electrons. The van der Waals surface area contributed by atoms with Gasteiger partial charge in [-0.25, -0.2) is 8.42 Å². The first-order valence-electron chi connectivity index (χ1n) is 3.34. The molecular weight excluding hydrogens is 221 g/mol. The van der Waals surface area contributed by atoms with Crippen molar-refractivity contribution in [1.82, 2.24) is 0 Å². The Morgan fingerprint density at radius 3 is 2.29 bits per heavy atom. The van der Waals surface area contributed by atoms with Gasteiger partial charge in [-0.15, -0.1) is 0 Å². The first-order chi connectivity index (χ1) is 5.84. The van der Waals surface area contributed by atoms with Gasteiger partial charge in [0.1, 0.15) is 10.1 Å². The first-order valence-corrected chi connectivity index (χ1v) is 5.13. The summed E-state index contributed by atoms with van der Waals surface area (Å²) >= 11 is 5.58. The molecule has 0 saturated carbocycles. The van der Waals surface area contributed by atoms with Gasteiger partial charge in [-0.05, 0) is 18.6 Å². The Morgan fingerprint density at radius 1 is 1.43 bits per heavy atom. The summed E-state index contributed by atoms with van der Waals surface area (Å²) in [6, 6.07) is 2.89. The molecule has 0 unspecified atom stereocenters. The quantitative estimate of drug-likeness (QED) is 0.346. The molecule has 0 saturated heterocycles. The van der Waals surface area contributed by atoms with E-state index in [9.17, 15) is 13.0 Å². The maximum Gasteiger partial charge on any atom is 1.00 e. The van der Waals surface area contributed by atoms with Crippen molar-refractivity contribution >= 4 is 27.4 Å². The van der Waals surface area contributed by atoms with E-state index in [4.69, 9.17) is 17.3 Å². The van der Waals surface area contributed by atoms with Crippen LogP contribution in [-0.4, -0.2) is 13.0 Å². The molecule has 72 valence electrons. The van der Waals surface area contributed by atoms with Gasteiger partial charge in [-0.2, -0.15) is 0 Å². The topological polar surface area (TPSA) is 83.2 Å². The Bertz CT molecular complexity index is 446. The number of anilines is 1. The van der Waals surface area contributed by atoms with E-state index in [-0.39, 0.29) is 29.6 Å². The van der Waals surface area contributed by atoms with Crippen molar-refractivity contribution in [3.8, 4) is 0 Å². The Balaban J connectivity index is 0.00000169. The van der Waals surface area contributed by atoms with Crippen LogP contribution in [0.2, 0.25) is 5.02 Å². The maximum atomic E-state index is 10.7. The monoisotopic (exact) mass is 227 g/mol. The average molecular weight is 228 g/mol. The second kappa shape index (κ2) is 4.56. The fourth-order valence-corrected chi connectivity index (χ4v) is 2.27. The van der Waals surface area contributed by atoms with E-state index < -0.39 is 15.0 Å². The molecule has 0 atom stereocenters. The van der Waals surface area contributed by atoms with Gasteiger partial charge in [0.15, 0.2) is 0 Å². The smallest absolute Gasteiger partial charge is 0.744 e. The van der Waals surface area contributed by atoms with Crippen molar-refractivity contribution in [2.24, 2.45) is 0 Å². The Morgan fingerprint density at radius 2 is 1.93 bits per heavy atom. The summed E-state index contributed by atoms with van der Waals surface area (Å²) in [5, 5.41) is -0.199. The average Bonchev–Trinajstić information content (AvgIpc) is 1.95. The summed E-state index contributed by atoms with van der Waals surface area (Å²) in [7, 11) is -4.55. The summed E-state index contributed by atoms with van der Waals surface area (Å²) in [5.74, 6) is 0. The molecule has 0 aliphatic carbocycles. The van der Waals surface area contributed by atoms with E-state index in [1.165, 1.54) is 19.1 Å². The van der Waals surface area contributed by atoms with Gasteiger partial charge in [0, 0.05) is 0 Å². The number of nitrogens with two attached hydrogens (primary N) is 1. The molecule has 0 heterocycles. The molecule has 0 aliphatic rings. The number of aryl methyl sites for hydroxylation is 1. The Hall–Kier alpha value is -0.183. The Kier molecular flexibility index (Phi) is 4.50. The fourth-order valence-electron chi connectivity index (χ4n) is 0.975. The van der Waals surface area contributed by atoms with Crippen LogP contribution in [0, 0.1) is 6.92 Å². The molecule has 14 heavy (non-hydrogen) atoms. The summed E-state index contributed by atoms with van der Waals surface area (Å²) < 4.78 is 32.2. The number of hydrogen-bond acceptors (Lipinski definition) is 4. The largest absolute Gasteiger partial charge is 1.00 e. The number of rotatable bonds is 1. The molecule has 7 heteroatoms. The van der Waals surface area contributed by atoms with Crippen LogP contribution in [0.3, 0.4) is 0 Å². The maximum absolute atomic E-state index is 10.7. The van der Waals surface area contributed by atoms with Gasteiger partial charge in [0.2, 0.25) is 0 Å². The molecule has 0 amide bonds. The zero-order chi connectivity index (χ0) is 10.2. The minimum atomic E-state index is -4.55. The molecule has 2 N–H and O–H groups in total. The second-order valence-electron chi connectivity index (χ2n) is 2.57. The van der Waals surface area contributed by atoms with E-state index >= 15 is 0 Å². The van der Waals surface area contributed by atoms with E-state index in [2.05, 4.69) is 0 Å². The fraction of sp³-hybridized carbons (Fsp3) is 0.143. The molecule has 1 aromatic rings. The normalized spacial score (nSPS) is 10.8. The van der Waals surface area contributed by atoms with Crippen molar-refractivity contribution in [3.63, 3.8) is 0 Å². The molecular formula is C7H7ClLiNO3S. The molecule has 0 bridgehead atoms. The molecule has 1 rings (SSSR count). The number of nitrogen functional groups attached to an aromatic ring is 1. The summed E-state index contributed by atoms with van der Waals surface area (Å²) in [6.45, 7) is 1.48. The van der Waals surface area contributed by atoms with Crippen molar-refractivity contribution in [1.29, 1.82) is 0 Å². The van der Waals surface area contributed by atoms with Crippen LogP contribution in [0.15, 0.2) is 17.0 Å². The van der Waals surface area contributed by atoms with E-state index in [0.29, 0.717) is 5.56 Å². The van der Waals surface area contributed by atoms with Crippen LogP contribution in [0.1, 0.15) is 5.56 Å². The molecule has 4 nitrogen and oxygen atoms in total. The zero-order valence-electron chi connectivity index (χ0n) is 7.74. The SMILES string of the molecule is Cc1ccc(N)c(Cl)c1S(=O)(=O)[O-].[Li+]. The van der Waals surface area contributed by atoms with Gasteiger partial charge in [-0.1, -0.05) is 17.7 Å². The summed E-state index contributed by atoms with van der Waals surface area (Å²) in [4.78, 5) is -0.436.